The molecule has 1 aliphatic rings. The average molecular weight is 241 g/mol. The number of rotatable bonds is 1. The summed E-state index contributed by atoms with van der Waals surface area (Å²) in [4.78, 5) is 12.6. The first kappa shape index (κ1) is 11.5. The summed E-state index contributed by atoms with van der Waals surface area (Å²) in [5.41, 5.74) is 3.63. The Bertz CT molecular complexity index is 667. The van der Waals surface area contributed by atoms with Crippen LogP contribution in [-0.2, 0) is 6.42 Å². The molecule has 2 nitrogen and oxygen atoms in total. The standard InChI is InChI=1S/C16H19NO/c1-10(2)15-14-9-8-11(3)17(14)13-7-5-4-6-12(13)16(15)18/h4-7,10-11H,8-9H2,1-3H3. The number of fused-ring (bicyclic) bond motifs is 3. The molecule has 1 aromatic carbocycles. The van der Waals surface area contributed by atoms with E-state index in [1.54, 1.807) is 0 Å². The normalized spacial score (nSPS) is 18.6. The maximum absolute atomic E-state index is 12.6. The molecule has 1 aliphatic heterocycles. The van der Waals surface area contributed by atoms with Crippen LogP contribution in [0.1, 0.15) is 50.4 Å². The van der Waals surface area contributed by atoms with Gasteiger partial charge in [0.2, 0.25) is 0 Å². The number of hydrogen-bond acceptors (Lipinski definition) is 1. The SMILES string of the molecule is CC(C)c1c2n(c3ccccc3c1=O)C(C)CC2. The topological polar surface area (TPSA) is 22.0 Å². The molecule has 0 N–H and O–H groups in total. The number of nitrogens with zero attached hydrogens (tertiary/aromatic N) is 1. The molecule has 1 atom stereocenters. The van der Waals surface area contributed by atoms with Crippen LogP contribution in [0, 0.1) is 0 Å². The predicted octanol–water partition coefficient (Wildman–Crippen LogP) is 3.63. The summed E-state index contributed by atoms with van der Waals surface area (Å²) in [5.74, 6) is 0.300. The third-order valence-corrected chi connectivity index (χ3v) is 4.07. The lowest BCUT2D eigenvalue weighted by molar-refractivity contribution is 0.593. The Morgan fingerprint density at radius 2 is 2.00 bits per heavy atom. The Labute approximate surface area is 107 Å². The molecule has 0 bridgehead atoms. The molecular formula is C16H19NO. The quantitative estimate of drug-likeness (QED) is 0.747. The van der Waals surface area contributed by atoms with Gasteiger partial charge in [-0.1, -0.05) is 26.0 Å². The van der Waals surface area contributed by atoms with Gasteiger partial charge < -0.3 is 4.57 Å². The van der Waals surface area contributed by atoms with Crippen molar-refractivity contribution < 1.29 is 0 Å². The van der Waals surface area contributed by atoms with E-state index in [-0.39, 0.29) is 5.43 Å². The molecule has 0 saturated heterocycles. The van der Waals surface area contributed by atoms with Gasteiger partial charge in [0.25, 0.3) is 0 Å². The molecule has 0 saturated carbocycles. The second-order valence-electron chi connectivity index (χ2n) is 5.62. The molecule has 1 aromatic heterocycles. The fourth-order valence-corrected chi connectivity index (χ4v) is 3.26. The highest BCUT2D eigenvalue weighted by molar-refractivity contribution is 5.80. The maximum atomic E-state index is 12.6. The molecule has 2 heteroatoms. The number of aromatic nitrogens is 1. The largest absolute Gasteiger partial charge is 0.341 e. The second-order valence-corrected chi connectivity index (χ2v) is 5.62. The average Bonchev–Trinajstić information content (AvgIpc) is 2.71. The van der Waals surface area contributed by atoms with E-state index in [4.69, 9.17) is 0 Å². The molecule has 2 aromatic rings. The van der Waals surface area contributed by atoms with Crippen molar-refractivity contribution in [3.8, 4) is 0 Å². The molecule has 94 valence electrons. The van der Waals surface area contributed by atoms with Crippen LogP contribution in [-0.4, -0.2) is 4.57 Å². The number of para-hydroxylation sites is 1. The van der Waals surface area contributed by atoms with Crippen LogP contribution >= 0.6 is 0 Å². The predicted molar refractivity (Wildman–Crippen MR) is 75.3 cm³/mol. The maximum Gasteiger partial charge on any atom is 0.193 e. The molecule has 1 unspecified atom stereocenters. The third-order valence-electron chi connectivity index (χ3n) is 4.07. The summed E-state index contributed by atoms with van der Waals surface area (Å²) >= 11 is 0. The zero-order chi connectivity index (χ0) is 12.9. The molecular weight excluding hydrogens is 222 g/mol. The van der Waals surface area contributed by atoms with E-state index >= 15 is 0 Å². The molecule has 0 fully saturated rings. The van der Waals surface area contributed by atoms with Crippen molar-refractivity contribution in [2.45, 2.75) is 45.6 Å². The van der Waals surface area contributed by atoms with E-state index in [1.165, 1.54) is 5.69 Å². The van der Waals surface area contributed by atoms with Crippen molar-refractivity contribution in [1.82, 2.24) is 4.57 Å². The zero-order valence-corrected chi connectivity index (χ0v) is 11.2. The van der Waals surface area contributed by atoms with Gasteiger partial charge in [-0.2, -0.15) is 0 Å². The molecule has 18 heavy (non-hydrogen) atoms. The summed E-state index contributed by atoms with van der Waals surface area (Å²) in [6, 6.07) is 8.52. The lowest BCUT2D eigenvalue weighted by Gasteiger charge is -2.18. The highest BCUT2D eigenvalue weighted by Crippen LogP contribution is 2.33. The fraction of sp³-hybridized carbons (Fsp3) is 0.438. The lowest BCUT2D eigenvalue weighted by Crippen LogP contribution is -2.19. The van der Waals surface area contributed by atoms with Crippen molar-refractivity contribution in [1.29, 1.82) is 0 Å². The molecule has 0 radical (unpaired) electrons. The highest BCUT2D eigenvalue weighted by atomic mass is 16.1. The van der Waals surface area contributed by atoms with Gasteiger partial charge >= 0.3 is 0 Å². The number of benzene rings is 1. The number of pyridine rings is 1. The lowest BCUT2D eigenvalue weighted by atomic mass is 9.97. The van der Waals surface area contributed by atoms with Gasteiger partial charge in [0.1, 0.15) is 0 Å². The van der Waals surface area contributed by atoms with Crippen LogP contribution in [0.2, 0.25) is 0 Å². The van der Waals surface area contributed by atoms with Gasteiger partial charge in [-0.05, 0) is 37.8 Å². The van der Waals surface area contributed by atoms with E-state index < -0.39 is 0 Å². The zero-order valence-electron chi connectivity index (χ0n) is 11.2. The van der Waals surface area contributed by atoms with Crippen molar-refractivity contribution in [3.63, 3.8) is 0 Å². The van der Waals surface area contributed by atoms with E-state index in [9.17, 15) is 4.79 Å². The monoisotopic (exact) mass is 241 g/mol. The van der Waals surface area contributed by atoms with Gasteiger partial charge in [-0.15, -0.1) is 0 Å². The van der Waals surface area contributed by atoms with E-state index in [1.807, 2.05) is 18.2 Å². The van der Waals surface area contributed by atoms with Crippen LogP contribution in [0.5, 0.6) is 0 Å². The van der Waals surface area contributed by atoms with Crippen molar-refractivity contribution in [2.75, 3.05) is 0 Å². The summed E-state index contributed by atoms with van der Waals surface area (Å²) in [5, 5.41) is 0.874. The fourth-order valence-electron chi connectivity index (χ4n) is 3.26. The van der Waals surface area contributed by atoms with Gasteiger partial charge in [0, 0.05) is 22.7 Å². The van der Waals surface area contributed by atoms with Crippen LogP contribution in [0.25, 0.3) is 10.9 Å². The van der Waals surface area contributed by atoms with E-state index in [0.717, 1.165) is 29.3 Å². The number of hydrogen-bond donors (Lipinski definition) is 0. The second kappa shape index (κ2) is 3.98. The van der Waals surface area contributed by atoms with Crippen LogP contribution in [0.15, 0.2) is 29.1 Å². The Kier molecular flexibility index (Phi) is 2.54. The van der Waals surface area contributed by atoms with Crippen molar-refractivity contribution in [2.24, 2.45) is 0 Å². The highest BCUT2D eigenvalue weighted by Gasteiger charge is 2.25. The van der Waals surface area contributed by atoms with Crippen molar-refractivity contribution in [3.05, 3.63) is 45.7 Å². The van der Waals surface area contributed by atoms with E-state index in [2.05, 4.69) is 31.4 Å². The molecule has 3 rings (SSSR count). The first-order valence-corrected chi connectivity index (χ1v) is 6.77. The molecule has 0 amide bonds. The van der Waals surface area contributed by atoms with E-state index in [0.29, 0.717) is 12.0 Å². The molecule has 0 aliphatic carbocycles. The van der Waals surface area contributed by atoms with Gasteiger partial charge in [0.05, 0.1) is 5.52 Å². The first-order chi connectivity index (χ1) is 8.61. The Morgan fingerprint density at radius 3 is 2.72 bits per heavy atom. The van der Waals surface area contributed by atoms with Crippen molar-refractivity contribution >= 4 is 10.9 Å². The molecule has 0 spiro atoms. The van der Waals surface area contributed by atoms with Crippen LogP contribution < -0.4 is 5.43 Å². The van der Waals surface area contributed by atoms with Crippen LogP contribution in [0.4, 0.5) is 0 Å². The summed E-state index contributed by atoms with van der Waals surface area (Å²) in [6.45, 7) is 6.49. The van der Waals surface area contributed by atoms with Gasteiger partial charge in [0.15, 0.2) is 5.43 Å². The molecule has 2 heterocycles. The first-order valence-electron chi connectivity index (χ1n) is 6.77. The third kappa shape index (κ3) is 1.45. The van der Waals surface area contributed by atoms with Crippen LogP contribution in [0.3, 0.4) is 0 Å². The Balaban J connectivity index is 2.52. The Morgan fingerprint density at radius 1 is 1.28 bits per heavy atom. The minimum atomic E-state index is 0.237. The van der Waals surface area contributed by atoms with Gasteiger partial charge in [-0.3, -0.25) is 4.79 Å². The smallest absolute Gasteiger partial charge is 0.193 e. The summed E-state index contributed by atoms with van der Waals surface area (Å²) in [7, 11) is 0. The summed E-state index contributed by atoms with van der Waals surface area (Å²) in [6.07, 6.45) is 2.18. The summed E-state index contributed by atoms with van der Waals surface area (Å²) < 4.78 is 2.38. The van der Waals surface area contributed by atoms with Gasteiger partial charge in [-0.25, -0.2) is 0 Å². The minimum absolute atomic E-state index is 0.237. The minimum Gasteiger partial charge on any atom is -0.341 e. The Hall–Kier alpha value is -1.57.